The van der Waals surface area contributed by atoms with Gasteiger partial charge in [-0.25, -0.2) is 0 Å². The molecule has 15 heavy (non-hydrogen) atoms. The fourth-order valence-corrected chi connectivity index (χ4v) is 1.33. The van der Waals surface area contributed by atoms with Crippen LogP contribution in [0.2, 0.25) is 0 Å². The molecule has 0 spiro atoms. The predicted molar refractivity (Wildman–Crippen MR) is 60.9 cm³/mol. The van der Waals surface area contributed by atoms with Gasteiger partial charge in [-0.3, -0.25) is 0 Å². The number of hydrogen-bond donors (Lipinski definition) is 1. The minimum atomic E-state index is 0.225. The highest BCUT2D eigenvalue weighted by molar-refractivity contribution is 5.47. The van der Waals surface area contributed by atoms with Crippen LogP contribution in [-0.4, -0.2) is 13.2 Å². The van der Waals surface area contributed by atoms with Gasteiger partial charge in [-0.1, -0.05) is 6.92 Å². The summed E-state index contributed by atoms with van der Waals surface area (Å²) in [4.78, 5) is 0. The molecule has 1 rings (SSSR count). The van der Waals surface area contributed by atoms with Crippen molar-refractivity contribution >= 4 is 5.69 Å². The van der Waals surface area contributed by atoms with Gasteiger partial charge in [-0.2, -0.15) is 5.26 Å². The van der Waals surface area contributed by atoms with Crippen molar-refractivity contribution in [1.82, 2.24) is 0 Å². The van der Waals surface area contributed by atoms with Crippen LogP contribution in [-0.2, 0) is 0 Å². The molecule has 1 aromatic carbocycles. The summed E-state index contributed by atoms with van der Waals surface area (Å²) in [6, 6.07) is 10.1. The van der Waals surface area contributed by atoms with Crippen LogP contribution in [0.5, 0.6) is 5.75 Å². The smallest absolute Gasteiger partial charge is 0.119 e. The zero-order valence-electron chi connectivity index (χ0n) is 9.16. The lowest BCUT2D eigenvalue weighted by atomic mass is 10.1. The maximum Gasteiger partial charge on any atom is 0.119 e. The molecule has 0 bridgehead atoms. The van der Waals surface area contributed by atoms with E-state index in [-0.39, 0.29) is 6.04 Å². The Bertz CT molecular complexity index is 326. The van der Waals surface area contributed by atoms with Crippen LogP contribution in [0.15, 0.2) is 24.3 Å². The third kappa shape index (κ3) is 3.51. The number of nitrogens with one attached hydrogen (secondary N) is 1. The summed E-state index contributed by atoms with van der Waals surface area (Å²) in [5.41, 5.74) is 1.03. The largest absolute Gasteiger partial charge is 0.497 e. The average Bonchev–Trinajstić information content (AvgIpc) is 2.29. The molecule has 0 radical (unpaired) electrons. The van der Waals surface area contributed by atoms with Gasteiger partial charge in [0, 0.05) is 11.7 Å². The molecule has 3 heteroatoms. The molecule has 0 aliphatic rings. The highest BCUT2D eigenvalue weighted by Crippen LogP contribution is 2.16. The second-order valence-electron chi connectivity index (χ2n) is 3.34. The summed E-state index contributed by atoms with van der Waals surface area (Å²) < 4.78 is 5.07. The van der Waals surface area contributed by atoms with Gasteiger partial charge in [0.1, 0.15) is 5.75 Å². The summed E-state index contributed by atoms with van der Waals surface area (Å²) in [5.74, 6) is 0.842. The van der Waals surface area contributed by atoms with E-state index in [1.54, 1.807) is 7.11 Å². The van der Waals surface area contributed by atoms with E-state index < -0.39 is 0 Å². The van der Waals surface area contributed by atoms with Crippen molar-refractivity contribution in [3.8, 4) is 11.8 Å². The molecule has 1 aromatic rings. The van der Waals surface area contributed by atoms with Crippen LogP contribution in [0.4, 0.5) is 5.69 Å². The summed E-state index contributed by atoms with van der Waals surface area (Å²) in [5, 5.41) is 11.9. The molecule has 3 nitrogen and oxygen atoms in total. The van der Waals surface area contributed by atoms with Gasteiger partial charge >= 0.3 is 0 Å². The lowest BCUT2D eigenvalue weighted by molar-refractivity contribution is 0.415. The first-order chi connectivity index (χ1) is 7.30. The predicted octanol–water partition coefficient (Wildman–Crippen LogP) is 2.80. The van der Waals surface area contributed by atoms with Crippen molar-refractivity contribution in [1.29, 1.82) is 5.26 Å². The van der Waals surface area contributed by atoms with Gasteiger partial charge < -0.3 is 10.1 Å². The van der Waals surface area contributed by atoms with Crippen molar-refractivity contribution in [2.24, 2.45) is 0 Å². The van der Waals surface area contributed by atoms with Gasteiger partial charge in [0.25, 0.3) is 0 Å². The first-order valence-corrected chi connectivity index (χ1v) is 5.07. The zero-order valence-corrected chi connectivity index (χ0v) is 9.16. The fourth-order valence-electron chi connectivity index (χ4n) is 1.33. The van der Waals surface area contributed by atoms with Crippen molar-refractivity contribution < 1.29 is 4.74 Å². The Kier molecular flexibility index (Phi) is 4.49. The average molecular weight is 204 g/mol. The Morgan fingerprint density at radius 3 is 2.53 bits per heavy atom. The highest BCUT2D eigenvalue weighted by Gasteiger charge is 2.04. The van der Waals surface area contributed by atoms with Crippen LogP contribution in [0.1, 0.15) is 19.8 Å². The Morgan fingerprint density at radius 1 is 1.40 bits per heavy atom. The van der Waals surface area contributed by atoms with Crippen LogP contribution in [0.3, 0.4) is 0 Å². The summed E-state index contributed by atoms with van der Waals surface area (Å²) >= 11 is 0. The fraction of sp³-hybridized carbons (Fsp3) is 0.417. The second-order valence-corrected chi connectivity index (χ2v) is 3.34. The summed E-state index contributed by atoms with van der Waals surface area (Å²) in [6.45, 7) is 2.07. The molecule has 0 amide bonds. The number of hydrogen-bond acceptors (Lipinski definition) is 3. The molecule has 0 saturated heterocycles. The maximum atomic E-state index is 8.62. The Hall–Kier alpha value is -1.69. The monoisotopic (exact) mass is 204 g/mol. The van der Waals surface area contributed by atoms with Gasteiger partial charge in [-0.05, 0) is 30.7 Å². The van der Waals surface area contributed by atoms with E-state index in [2.05, 4.69) is 18.3 Å². The van der Waals surface area contributed by atoms with Crippen molar-refractivity contribution in [2.75, 3.05) is 12.4 Å². The van der Waals surface area contributed by atoms with E-state index in [0.717, 1.165) is 17.9 Å². The normalized spacial score (nSPS) is 11.5. The van der Waals surface area contributed by atoms with E-state index >= 15 is 0 Å². The van der Waals surface area contributed by atoms with Gasteiger partial charge in [0.05, 0.1) is 19.6 Å². The molecule has 0 saturated carbocycles. The van der Waals surface area contributed by atoms with Crippen LogP contribution in [0.25, 0.3) is 0 Å². The molecular formula is C12H16N2O. The van der Waals surface area contributed by atoms with E-state index in [4.69, 9.17) is 10.00 Å². The standard InChI is InChI=1S/C12H16N2O/c1-3-10(8-9-13)14-11-4-6-12(15-2)7-5-11/h4-7,10,14H,3,8H2,1-2H3. The van der Waals surface area contributed by atoms with Gasteiger partial charge in [0.15, 0.2) is 0 Å². The highest BCUT2D eigenvalue weighted by atomic mass is 16.5. The molecule has 0 fully saturated rings. The minimum absolute atomic E-state index is 0.225. The van der Waals surface area contributed by atoms with E-state index in [0.29, 0.717) is 6.42 Å². The van der Waals surface area contributed by atoms with Crippen LogP contribution < -0.4 is 10.1 Å². The Labute approximate surface area is 90.7 Å². The van der Waals surface area contributed by atoms with Gasteiger partial charge in [0.2, 0.25) is 0 Å². The molecular weight excluding hydrogens is 188 g/mol. The zero-order chi connectivity index (χ0) is 11.1. The number of methoxy groups -OCH3 is 1. The molecule has 0 aromatic heterocycles. The number of rotatable bonds is 5. The van der Waals surface area contributed by atoms with Crippen LogP contribution in [0, 0.1) is 11.3 Å². The third-order valence-corrected chi connectivity index (χ3v) is 2.29. The first kappa shape index (κ1) is 11.4. The first-order valence-electron chi connectivity index (χ1n) is 5.07. The number of ether oxygens (including phenoxy) is 1. The minimum Gasteiger partial charge on any atom is -0.497 e. The topological polar surface area (TPSA) is 45.0 Å². The number of anilines is 1. The van der Waals surface area contributed by atoms with Crippen molar-refractivity contribution in [3.05, 3.63) is 24.3 Å². The molecule has 80 valence electrons. The number of nitriles is 1. The van der Waals surface area contributed by atoms with Crippen molar-refractivity contribution in [3.63, 3.8) is 0 Å². The lowest BCUT2D eigenvalue weighted by Crippen LogP contribution is -2.17. The summed E-state index contributed by atoms with van der Waals surface area (Å²) in [6.07, 6.45) is 1.47. The van der Waals surface area contributed by atoms with Crippen molar-refractivity contribution in [2.45, 2.75) is 25.8 Å². The molecule has 1 N–H and O–H groups in total. The second kappa shape index (κ2) is 5.92. The number of benzene rings is 1. The molecule has 0 aliphatic heterocycles. The lowest BCUT2D eigenvalue weighted by Gasteiger charge is -2.15. The third-order valence-electron chi connectivity index (χ3n) is 2.29. The molecule has 1 unspecified atom stereocenters. The molecule has 1 atom stereocenters. The number of nitrogens with zero attached hydrogens (tertiary/aromatic N) is 1. The maximum absolute atomic E-state index is 8.62. The Morgan fingerprint density at radius 2 is 2.07 bits per heavy atom. The quantitative estimate of drug-likeness (QED) is 0.802. The Balaban J connectivity index is 2.59. The molecule has 0 heterocycles. The van der Waals surface area contributed by atoms with Crippen LogP contribution >= 0.6 is 0 Å². The van der Waals surface area contributed by atoms with E-state index in [1.807, 2.05) is 24.3 Å². The SMILES string of the molecule is CCC(CC#N)Nc1ccc(OC)cc1. The van der Waals surface area contributed by atoms with E-state index in [1.165, 1.54) is 0 Å². The van der Waals surface area contributed by atoms with Gasteiger partial charge in [-0.15, -0.1) is 0 Å². The summed E-state index contributed by atoms with van der Waals surface area (Å²) in [7, 11) is 1.65. The molecule has 0 aliphatic carbocycles. The van der Waals surface area contributed by atoms with E-state index in [9.17, 15) is 0 Å².